The van der Waals surface area contributed by atoms with E-state index in [-0.39, 0.29) is 6.54 Å². The first-order valence-corrected chi connectivity index (χ1v) is 8.82. The Bertz CT molecular complexity index is 1090. The normalized spacial score (nSPS) is 12.5. The van der Waals surface area contributed by atoms with Crippen LogP contribution in [0.5, 0.6) is 0 Å². The van der Waals surface area contributed by atoms with E-state index in [9.17, 15) is 13.2 Å². The third-order valence-electron chi connectivity index (χ3n) is 4.54. The van der Waals surface area contributed by atoms with Crippen LogP contribution in [-0.4, -0.2) is 50.1 Å². The van der Waals surface area contributed by atoms with Crippen LogP contribution in [0.4, 0.5) is 13.2 Å². The highest BCUT2D eigenvalue weighted by Gasteiger charge is 2.31. The molecule has 4 rings (SSSR count). The lowest BCUT2D eigenvalue weighted by Crippen LogP contribution is -2.20. The molecule has 0 saturated heterocycles. The van der Waals surface area contributed by atoms with Gasteiger partial charge in [-0.2, -0.15) is 28.2 Å². The molecule has 28 heavy (non-hydrogen) atoms. The van der Waals surface area contributed by atoms with Crippen LogP contribution in [0.25, 0.3) is 22.1 Å². The number of imidazole rings is 1. The summed E-state index contributed by atoms with van der Waals surface area (Å²) in [6, 6.07) is 11.2. The van der Waals surface area contributed by atoms with Crippen LogP contribution in [0.15, 0.2) is 42.5 Å². The molecule has 0 aliphatic heterocycles. The number of hydrogen-bond donors (Lipinski definition) is 0. The maximum Gasteiger partial charge on any atom is 0.416 e. The zero-order valence-corrected chi connectivity index (χ0v) is 15.5. The van der Waals surface area contributed by atoms with E-state index in [0.29, 0.717) is 23.4 Å². The summed E-state index contributed by atoms with van der Waals surface area (Å²) < 4.78 is 41.2. The fourth-order valence-electron chi connectivity index (χ4n) is 3.13. The van der Waals surface area contributed by atoms with Gasteiger partial charge in [-0.15, -0.1) is 0 Å². The summed E-state index contributed by atoms with van der Waals surface area (Å²) in [6.45, 7) is 1.61. The van der Waals surface area contributed by atoms with Crippen molar-refractivity contribution in [2.75, 3.05) is 20.6 Å². The lowest BCUT2D eigenvalue weighted by Gasteiger charge is -2.13. The van der Waals surface area contributed by atoms with Gasteiger partial charge in [0.15, 0.2) is 0 Å². The molecule has 9 heteroatoms. The molecule has 0 fully saturated rings. The molecule has 2 heterocycles. The van der Waals surface area contributed by atoms with Crippen molar-refractivity contribution in [3.05, 3.63) is 53.9 Å². The summed E-state index contributed by atoms with van der Waals surface area (Å²) in [5.74, 6) is 0.622. The van der Waals surface area contributed by atoms with Crippen LogP contribution in [-0.2, 0) is 19.3 Å². The Morgan fingerprint density at radius 3 is 2.25 bits per heavy atom. The topological polar surface area (TPSA) is 51.8 Å². The van der Waals surface area contributed by atoms with Crippen LogP contribution >= 0.6 is 0 Å². The van der Waals surface area contributed by atoms with E-state index in [1.807, 2.05) is 47.8 Å². The van der Waals surface area contributed by atoms with E-state index in [1.165, 1.54) is 10.9 Å². The van der Waals surface area contributed by atoms with Gasteiger partial charge < -0.3 is 9.47 Å². The highest BCUT2D eigenvalue weighted by atomic mass is 19.4. The average molecular weight is 388 g/mol. The van der Waals surface area contributed by atoms with Crippen molar-refractivity contribution in [3.8, 4) is 0 Å². The Balaban J connectivity index is 1.76. The van der Waals surface area contributed by atoms with Gasteiger partial charge in [0.2, 0.25) is 0 Å². The second-order valence-electron chi connectivity index (χ2n) is 6.90. The highest BCUT2D eigenvalue weighted by molar-refractivity contribution is 5.77. The molecule has 0 bridgehead atoms. The average Bonchev–Trinajstić information content (AvgIpc) is 3.18. The number of nitrogens with zero attached hydrogens (tertiary/aromatic N) is 6. The van der Waals surface area contributed by atoms with Crippen molar-refractivity contribution in [2.24, 2.45) is 0 Å². The Hall–Kier alpha value is -2.94. The molecular formula is C19H19F3N6. The molecule has 4 aromatic rings. The summed E-state index contributed by atoms with van der Waals surface area (Å²) in [5.41, 5.74) is 1.81. The largest absolute Gasteiger partial charge is 0.416 e. The van der Waals surface area contributed by atoms with Crippen LogP contribution in [0.1, 0.15) is 11.4 Å². The molecule has 0 aliphatic rings. The van der Waals surface area contributed by atoms with Gasteiger partial charge >= 0.3 is 6.18 Å². The fourth-order valence-corrected chi connectivity index (χ4v) is 3.13. The Labute approximate surface area is 159 Å². The van der Waals surface area contributed by atoms with Crippen molar-refractivity contribution in [3.63, 3.8) is 0 Å². The van der Waals surface area contributed by atoms with Gasteiger partial charge in [-0.3, -0.25) is 0 Å². The SMILES string of the molecule is CN(C)CCn1c(Cn2nc3ccccc3n2)nc2cc(C(F)(F)F)ccc21. The Morgan fingerprint density at radius 2 is 1.64 bits per heavy atom. The molecule has 0 radical (unpaired) electrons. The van der Waals surface area contributed by atoms with E-state index < -0.39 is 11.7 Å². The maximum atomic E-state index is 13.1. The van der Waals surface area contributed by atoms with Crippen LogP contribution in [0.2, 0.25) is 0 Å². The van der Waals surface area contributed by atoms with Crippen LogP contribution in [0, 0.1) is 0 Å². The van der Waals surface area contributed by atoms with E-state index in [2.05, 4.69) is 15.2 Å². The third-order valence-corrected chi connectivity index (χ3v) is 4.54. The van der Waals surface area contributed by atoms with Gasteiger partial charge in [-0.05, 0) is 44.4 Å². The van der Waals surface area contributed by atoms with Gasteiger partial charge in [0, 0.05) is 13.1 Å². The predicted octanol–water partition coefficient (Wildman–Crippen LogP) is 3.41. The smallest absolute Gasteiger partial charge is 0.325 e. The maximum absolute atomic E-state index is 13.1. The molecule has 6 nitrogen and oxygen atoms in total. The van der Waals surface area contributed by atoms with Gasteiger partial charge in [-0.25, -0.2) is 4.98 Å². The zero-order valence-electron chi connectivity index (χ0n) is 15.5. The third kappa shape index (κ3) is 3.57. The molecule has 2 aromatic carbocycles. The summed E-state index contributed by atoms with van der Waals surface area (Å²) in [5, 5.41) is 8.87. The van der Waals surface area contributed by atoms with Crippen LogP contribution < -0.4 is 0 Å². The molecule has 146 valence electrons. The van der Waals surface area contributed by atoms with E-state index >= 15 is 0 Å². The first-order valence-electron chi connectivity index (χ1n) is 8.82. The summed E-state index contributed by atoms with van der Waals surface area (Å²) in [6.07, 6.45) is -4.40. The van der Waals surface area contributed by atoms with Crippen molar-refractivity contribution < 1.29 is 13.2 Å². The Kier molecular flexibility index (Phi) is 4.54. The summed E-state index contributed by atoms with van der Waals surface area (Å²) in [4.78, 5) is 8.02. The van der Waals surface area contributed by atoms with Crippen molar-refractivity contribution in [1.29, 1.82) is 0 Å². The van der Waals surface area contributed by atoms with Crippen molar-refractivity contribution in [2.45, 2.75) is 19.3 Å². The van der Waals surface area contributed by atoms with Gasteiger partial charge in [0.25, 0.3) is 0 Å². The van der Waals surface area contributed by atoms with Gasteiger partial charge in [-0.1, -0.05) is 12.1 Å². The summed E-state index contributed by atoms with van der Waals surface area (Å²) in [7, 11) is 3.89. The molecule has 0 N–H and O–H groups in total. The number of aromatic nitrogens is 5. The molecule has 0 atom stereocenters. The van der Waals surface area contributed by atoms with Crippen molar-refractivity contribution >= 4 is 22.1 Å². The van der Waals surface area contributed by atoms with Crippen LogP contribution in [0.3, 0.4) is 0 Å². The summed E-state index contributed by atoms with van der Waals surface area (Å²) >= 11 is 0. The number of likely N-dealkylation sites (N-methyl/N-ethyl adjacent to an activating group) is 1. The fraction of sp³-hybridized carbons (Fsp3) is 0.316. The number of hydrogen-bond acceptors (Lipinski definition) is 4. The second-order valence-corrected chi connectivity index (χ2v) is 6.90. The lowest BCUT2D eigenvalue weighted by atomic mass is 10.2. The molecule has 0 amide bonds. The molecule has 0 saturated carbocycles. The number of alkyl halides is 3. The second kappa shape index (κ2) is 6.90. The molecular weight excluding hydrogens is 369 g/mol. The Morgan fingerprint density at radius 1 is 0.964 bits per heavy atom. The first kappa shape index (κ1) is 18.4. The van der Waals surface area contributed by atoms with E-state index in [1.54, 1.807) is 0 Å². The molecule has 0 unspecified atom stereocenters. The van der Waals surface area contributed by atoms with Gasteiger partial charge in [0.05, 0.1) is 16.6 Å². The number of rotatable bonds is 5. The van der Waals surface area contributed by atoms with Crippen molar-refractivity contribution in [1.82, 2.24) is 29.4 Å². The first-order chi connectivity index (χ1) is 13.3. The quantitative estimate of drug-likeness (QED) is 0.526. The van der Waals surface area contributed by atoms with E-state index in [0.717, 1.165) is 29.7 Å². The minimum absolute atomic E-state index is 0.276. The number of fused-ring (bicyclic) bond motifs is 2. The minimum atomic E-state index is -4.40. The minimum Gasteiger partial charge on any atom is -0.325 e. The predicted molar refractivity (Wildman–Crippen MR) is 99.9 cm³/mol. The monoisotopic (exact) mass is 388 g/mol. The standard InChI is InChI=1S/C19H19F3N6/c1-26(2)9-10-27-17-8-7-13(19(20,21)22)11-16(17)23-18(27)12-28-24-14-5-3-4-6-15(14)25-28/h3-8,11H,9-10,12H2,1-2H3. The van der Waals surface area contributed by atoms with E-state index in [4.69, 9.17) is 0 Å². The number of halogens is 3. The molecule has 0 spiro atoms. The molecule has 2 aromatic heterocycles. The molecule has 0 aliphatic carbocycles. The van der Waals surface area contributed by atoms with Gasteiger partial charge in [0.1, 0.15) is 23.4 Å². The number of benzene rings is 2. The zero-order chi connectivity index (χ0) is 19.9. The lowest BCUT2D eigenvalue weighted by molar-refractivity contribution is -0.137. The highest BCUT2D eigenvalue weighted by Crippen LogP contribution is 2.31.